The van der Waals surface area contributed by atoms with Crippen LogP contribution in [0.25, 0.3) is 10.2 Å². The van der Waals surface area contributed by atoms with Gasteiger partial charge >= 0.3 is 0 Å². The maximum atomic E-state index is 13.2. The first-order chi connectivity index (χ1) is 15.0. The molecule has 1 aromatic heterocycles. The van der Waals surface area contributed by atoms with Crippen molar-refractivity contribution < 1.29 is 14.3 Å². The first kappa shape index (κ1) is 25.0. The summed E-state index contributed by atoms with van der Waals surface area (Å²) in [5, 5.41) is 1.89. The molecule has 2 aromatic carbocycles. The van der Waals surface area contributed by atoms with Crippen molar-refractivity contribution in [3.63, 3.8) is 0 Å². The smallest absolute Gasteiger partial charge is 0.266 e. The van der Waals surface area contributed by atoms with Crippen molar-refractivity contribution in [3.8, 4) is 5.75 Å². The molecule has 0 N–H and O–H groups in total. The van der Waals surface area contributed by atoms with E-state index < -0.39 is 0 Å². The van der Waals surface area contributed by atoms with E-state index >= 15 is 0 Å². The van der Waals surface area contributed by atoms with E-state index in [1.807, 2.05) is 19.1 Å². The molecule has 0 bridgehead atoms. The van der Waals surface area contributed by atoms with Gasteiger partial charge in [0.1, 0.15) is 5.75 Å². The molecule has 0 aliphatic carbocycles. The predicted octanol–water partition coefficient (Wildman–Crippen LogP) is 5.08. The number of carbonyl (C=O) groups is 1. The average Bonchev–Trinajstić information content (AvgIpc) is 3.23. The minimum atomic E-state index is -0.156. The Bertz CT molecular complexity index is 1020. The molecule has 1 aliphatic heterocycles. The number of hydrogen-bond acceptors (Lipinski definition) is 6. The molecule has 1 aliphatic rings. The Morgan fingerprint density at radius 2 is 1.91 bits per heavy atom. The summed E-state index contributed by atoms with van der Waals surface area (Å²) in [6.45, 7) is 6.28. The highest BCUT2D eigenvalue weighted by Gasteiger charge is 2.23. The van der Waals surface area contributed by atoms with Crippen LogP contribution in [0.4, 0.5) is 5.13 Å². The minimum absolute atomic E-state index is 0. The normalized spacial score (nSPS) is 14.2. The molecule has 32 heavy (non-hydrogen) atoms. The van der Waals surface area contributed by atoms with Crippen molar-refractivity contribution in [1.29, 1.82) is 0 Å². The highest BCUT2D eigenvalue weighted by molar-refractivity contribution is 7.23. The zero-order valence-electron chi connectivity index (χ0n) is 17.6. The third-order valence-corrected chi connectivity index (χ3v) is 6.93. The van der Waals surface area contributed by atoms with Gasteiger partial charge in [-0.25, -0.2) is 4.98 Å². The number of fused-ring (bicyclic) bond motifs is 1. The van der Waals surface area contributed by atoms with Gasteiger partial charge in [-0.15, -0.1) is 12.4 Å². The Balaban J connectivity index is 0.00000289. The lowest BCUT2D eigenvalue weighted by Gasteiger charge is -2.29. The number of ether oxygens (including phenoxy) is 2. The quantitative estimate of drug-likeness (QED) is 0.438. The SMILES string of the molecule is Cc1ccc(Cl)c2sc(N(CCN3CCOCC3)C(=O)COc3ccc(Cl)cc3)nc12.Cl. The van der Waals surface area contributed by atoms with Crippen LogP contribution < -0.4 is 9.64 Å². The summed E-state index contributed by atoms with van der Waals surface area (Å²) in [4.78, 5) is 21.9. The monoisotopic (exact) mass is 515 g/mol. The maximum Gasteiger partial charge on any atom is 0.266 e. The number of rotatable bonds is 7. The molecule has 2 heterocycles. The van der Waals surface area contributed by atoms with Gasteiger partial charge in [0, 0.05) is 31.2 Å². The lowest BCUT2D eigenvalue weighted by atomic mass is 10.2. The second-order valence-electron chi connectivity index (χ2n) is 7.28. The van der Waals surface area contributed by atoms with Gasteiger partial charge in [0.25, 0.3) is 5.91 Å². The molecule has 10 heteroatoms. The predicted molar refractivity (Wildman–Crippen MR) is 133 cm³/mol. The fourth-order valence-electron chi connectivity index (χ4n) is 3.35. The van der Waals surface area contributed by atoms with E-state index in [9.17, 15) is 4.79 Å². The Hall–Kier alpha value is -1.61. The summed E-state index contributed by atoms with van der Waals surface area (Å²) >= 11 is 13.7. The molecule has 4 rings (SSSR count). The maximum absolute atomic E-state index is 13.2. The zero-order chi connectivity index (χ0) is 21.8. The molecule has 1 amide bonds. The summed E-state index contributed by atoms with van der Waals surface area (Å²) in [6.07, 6.45) is 0. The highest BCUT2D eigenvalue weighted by atomic mass is 35.5. The molecule has 0 atom stereocenters. The Kier molecular flexibility index (Phi) is 8.99. The van der Waals surface area contributed by atoms with Gasteiger partial charge in [0.15, 0.2) is 11.7 Å². The molecule has 6 nitrogen and oxygen atoms in total. The number of carbonyl (C=O) groups excluding carboxylic acids is 1. The first-order valence-electron chi connectivity index (χ1n) is 10.1. The van der Waals surface area contributed by atoms with Crippen molar-refractivity contribution in [3.05, 3.63) is 52.0 Å². The van der Waals surface area contributed by atoms with Crippen LogP contribution in [0.3, 0.4) is 0 Å². The number of hydrogen-bond donors (Lipinski definition) is 0. The van der Waals surface area contributed by atoms with Crippen molar-refractivity contribution >= 4 is 68.2 Å². The average molecular weight is 517 g/mol. The fourth-order valence-corrected chi connectivity index (χ4v) is 4.84. The Morgan fingerprint density at radius 1 is 1.19 bits per heavy atom. The van der Waals surface area contributed by atoms with Crippen LogP contribution in [0.1, 0.15) is 5.56 Å². The molecule has 0 spiro atoms. The molecule has 0 saturated carbocycles. The van der Waals surface area contributed by atoms with Crippen LogP contribution in [0, 0.1) is 6.92 Å². The molecule has 172 valence electrons. The van der Waals surface area contributed by atoms with E-state index in [0.717, 1.165) is 35.4 Å². The highest BCUT2D eigenvalue weighted by Crippen LogP contribution is 2.35. The van der Waals surface area contributed by atoms with Gasteiger partial charge in [0.05, 0.1) is 28.5 Å². The Labute approximate surface area is 207 Å². The molecule has 1 fully saturated rings. The first-order valence-corrected chi connectivity index (χ1v) is 11.6. The summed E-state index contributed by atoms with van der Waals surface area (Å²) in [5.74, 6) is 0.435. The second-order valence-corrected chi connectivity index (χ2v) is 9.10. The number of morpholine rings is 1. The summed E-state index contributed by atoms with van der Waals surface area (Å²) in [5.41, 5.74) is 1.86. The van der Waals surface area contributed by atoms with Crippen LogP contribution in [0.2, 0.25) is 10.0 Å². The summed E-state index contributed by atoms with van der Waals surface area (Å²) in [7, 11) is 0. The lowest BCUT2D eigenvalue weighted by molar-refractivity contribution is -0.120. The summed E-state index contributed by atoms with van der Waals surface area (Å²) in [6, 6.07) is 10.8. The lowest BCUT2D eigenvalue weighted by Crippen LogP contribution is -2.44. The number of thiazole rings is 1. The van der Waals surface area contributed by atoms with E-state index in [-0.39, 0.29) is 24.9 Å². The number of aromatic nitrogens is 1. The third-order valence-electron chi connectivity index (χ3n) is 5.14. The summed E-state index contributed by atoms with van der Waals surface area (Å²) < 4.78 is 12.0. The van der Waals surface area contributed by atoms with Gasteiger partial charge in [-0.1, -0.05) is 40.6 Å². The number of aryl methyl sites for hydroxylation is 1. The molecule has 0 radical (unpaired) electrons. The Morgan fingerprint density at radius 3 is 2.59 bits per heavy atom. The van der Waals surface area contributed by atoms with Crippen LogP contribution in [0.15, 0.2) is 36.4 Å². The standard InChI is InChI=1S/C22H23Cl2N3O3S.ClH/c1-15-2-7-18(24)21-20(15)25-22(31-21)27(9-8-26-10-12-29-13-11-26)19(28)14-30-17-5-3-16(23)4-6-17;/h2-7H,8-14H2,1H3;1H. The molecule has 1 saturated heterocycles. The van der Waals surface area contributed by atoms with Crippen molar-refractivity contribution in [1.82, 2.24) is 9.88 Å². The van der Waals surface area contributed by atoms with Crippen LogP contribution in [0.5, 0.6) is 5.75 Å². The number of amides is 1. The van der Waals surface area contributed by atoms with Crippen molar-refractivity contribution in [2.45, 2.75) is 6.92 Å². The van der Waals surface area contributed by atoms with Crippen LogP contribution in [-0.4, -0.2) is 61.8 Å². The van der Waals surface area contributed by atoms with Crippen LogP contribution in [-0.2, 0) is 9.53 Å². The largest absolute Gasteiger partial charge is 0.484 e. The van der Waals surface area contributed by atoms with E-state index in [4.69, 9.17) is 37.7 Å². The van der Waals surface area contributed by atoms with Gasteiger partial charge in [-0.05, 0) is 42.8 Å². The minimum Gasteiger partial charge on any atom is -0.484 e. The van der Waals surface area contributed by atoms with Gasteiger partial charge < -0.3 is 9.47 Å². The van der Waals surface area contributed by atoms with Gasteiger partial charge in [0.2, 0.25) is 0 Å². The zero-order valence-corrected chi connectivity index (χ0v) is 20.7. The van der Waals surface area contributed by atoms with Gasteiger partial charge in [-0.2, -0.15) is 0 Å². The molecule has 3 aromatic rings. The topological polar surface area (TPSA) is 54.9 Å². The fraction of sp³-hybridized carbons (Fsp3) is 0.364. The van der Waals surface area contributed by atoms with Gasteiger partial charge in [-0.3, -0.25) is 14.6 Å². The number of halogens is 3. The van der Waals surface area contributed by atoms with E-state index in [2.05, 4.69) is 4.90 Å². The third kappa shape index (κ3) is 6.04. The van der Waals surface area contributed by atoms with Crippen molar-refractivity contribution in [2.75, 3.05) is 50.9 Å². The second kappa shape index (κ2) is 11.5. The molecular weight excluding hydrogens is 493 g/mol. The van der Waals surface area contributed by atoms with E-state index in [1.165, 1.54) is 11.3 Å². The van der Waals surface area contributed by atoms with Crippen LogP contribution >= 0.6 is 46.9 Å². The number of nitrogens with zero attached hydrogens (tertiary/aromatic N) is 3. The molecular formula is C22H24Cl3N3O3S. The van der Waals surface area contributed by atoms with E-state index in [0.29, 0.717) is 40.7 Å². The van der Waals surface area contributed by atoms with E-state index in [1.54, 1.807) is 29.2 Å². The number of benzene rings is 2. The molecule has 0 unspecified atom stereocenters. The van der Waals surface area contributed by atoms with Crippen molar-refractivity contribution in [2.24, 2.45) is 0 Å². The number of anilines is 1.